The molecule has 1 heterocycles. The van der Waals surface area contributed by atoms with E-state index in [4.69, 9.17) is 4.74 Å². The number of nitro groups is 1. The zero-order valence-corrected chi connectivity index (χ0v) is 14.4. The Balaban J connectivity index is 1.63. The molecule has 27 heavy (non-hydrogen) atoms. The molecule has 9 heteroatoms. The van der Waals surface area contributed by atoms with Gasteiger partial charge in [0.25, 0.3) is 11.8 Å². The Morgan fingerprint density at radius 1 is 1.30 bits per heavy atom. The third-order valence-corrected chi connectivity index (χ3v) is 5.34. The van der Waals surface area contributed by atoms with Gasteiger partial charge in [0.15, 0.2) is 5.75 Å². The van der Waals surface area contributed by atoms with E-state index in [1.807, 2.05) is 12.2 Å². The van der Waals surface area contributed by atoms with Crippen molar-refractivity contribution in [3.63, 3.8) is 0 Å². The van der Waals surface area contributed by atoms with Crippen LogP contribution >= 0.6 is 0 Å². The van der Waals surface area contributed by atoms with Gasteiger partial charge in [0.05, 0.1) is 29.6 Å². The van der Waals surface area contributed by atoms with E-state index in [9.17, 15) is 24.8 Å². The average molecular weight is 371 g/mol. The summed E-state index contributed by atoms with van der Waals surface area (Å²) in [5, 5.41) is 25.9. The van der Waals surface area contributed by atoms with Crippen molar-refractivity contribution in [1.29, 1.82) is 0 Å². The second-order valence-corrected chi connectivity index (χ2v) is 6.81. The fraction of sp³-hybridized carbons (Fsp3) is 0.389. The molecule has 1 aliphatic heterocycles. The zero-order valence-electron chi connectivity index (χ0n) is 14.4. The summed E-state index contributed by atoms with van der Waals surface area (Å²) in [6, 6.07) is 2.48. The molecule has 1 N–H and O–H groups in total. The number of hydrogen-bond acceptors (Lipinski definition) is 7. The predicted octanol–water partition coefficient (Wildman–Crippen LogP) is 1.84. The van der Waals surface area contributed by atoms with Gasteiger partial charge in [-0.05, 0) is 31.2 Å². The van der Waals surface area contributed by atoms with Crippen molar-refractivity contribution >= 4 is 23.7 Å². The Kier molecular flexibility index (Phi) is 3.94. The largest absolute Gasteiger partial charge is 0.500 e. The number of fused-ring (bicyclic) bond motifs is 5. The van der Waals surface area contributed by atoms with Crippen molar-refractivity contribution < 1.29 is 24.4 Å². The highest BCUT2D eigenvalue weighted by Crippen LogP contribution is 2.52. The summed E-state index contributed by atoms with van der Waals surface area (Å²) in [7, 11) is 0. The molecule has 3 aliphatic rings. The smallest absolute Gasteiger partial charge is 0.315 e. The lowest BCUT2D eigenvalue weighted by Crippen LogP contribution is -2.28. The highest BCUT2D eigenvalue weighted by Gasteiger charge is 2.59. The van der Waals surface area contributed by atoms with Gasteiger partial charge in [-0.1, -0.05) is 12.2 Å². The van der Waals surface area contributed by atoms with Gasteiger partial charge in [0, 0.05) is 11.6 Å². The second kappa shape index (κ2) is 6.19. The number of phenolic OH excluding ortho intramolecular Hbond substituents is 1. The molecule has 0 radical (unpaired) electrons. The summed E-state index contributed by atoms with van der Waals surface area (Å²) in [5.74, 6) is -1.88. The van der Waals surface area contributed by atoms with Crippen molar-refractivity contribution in [2.75, 3.05) is 6.61 Å². The molecule has 4 atom stereocenters. The van der Waals surface area contributed by atoms with Crippen LogP contribution in [-0.2, 0) is 9.59 Å². The topological polar surface area (TPSA) is 122 Å². The van der Waals surface area contributed by atoms with Gasteiger partial charge >= 0.3 is 5.69 Å². The second-order valence-electron chi connectivity index (χ2n) is 6.81. The van der Waals surface area contributed by atoms with Gasteiger partial charge in [0.1, 0.15) is 0 Å². The molecule has 0 aromatic heterocycles. The maximum absolute atomic E-state index is 12.6. The van der Waals surface area contributed by atoms with Gasteiger partial charge in [0.2, 0.25) is 5.75 Å². The molecule has 1 saturated carbocycles. The molecule has 2 aliphatic carbocycles. The lowest BCUT2D eigenvalue weighted by molar-refractivity contribution is -0.386. The Morgan fingerprint density at radius 3 is 2.48 bits per heavy atom. The van der Waals surface area contributed by atoms with E-state index < -0.39 is 16.4 Å². The van der Waals surface area contributed by atoms with Crippen LogP contribution in [0.15, 0.2) is 29.4 Å². The Labute approximate surface area is 154 Å². The minimum Gasteiger partial charge on any atom is -0.500 e. The third-order valence-electron chi connectivity index (χ3n) is 5.34. The Morgan fingerprint density at radius 2 is 1.93 bits per heavy atom. The van der Waals surface area contributed by atoms with E-state index >= 15 is 0 Å². The number of carbonyl (C=O) groups excluding carboxylic acids is 2. The minimum atomic E-state index is -0.741. The fourth-order valence-electron chi connectivity index (χ4n) is 4.22. The van der Waals surface area contributed by atoms with Crippen molar-refractivity contribution in [2.45, 2.75) is 13.3 Å². The van der Waals surface area contributed by atoms with Crippen LogP contribution in [-0.4, -0.2) is 39.7 Å². The van der Waals surface area contributed by atoms with Crippen LogP contribution in [0.1, 0.15) is 18.9 Å². The molecule has 2 fully saturated rings. The number of nitrogens with zero attached hydrogens (tertiary/aromatic N) is 3. The number of benzene rings is 1. The van der Waals surface area contributed by atoms with Gasteiger partial charge in [-0.3, -0.25) is 19.7 Å². The van der Waals surface area contributed by atoms with Gasteiger partial charge in [-0.15, -0.1) is 0 Å². The van der Waals surface area contributed by atoms with E-state index in [-0.39, 0.29) is 53.4 Å². The van der Waals surface area contributed by atoms with Crippen LogP contribution < -0.4 is 4.74 Å². The molecule has 1 aromatic carbocycles. The normalized spacial score (nSPS) is 28.4. The first kappa shape index (κ1) is 17.2. The zero-order chi connectivity index (χ0) is 19.3. The van der Waals surface area contributed by atoms with Crippen LogP contribution in [0.25, 0.3) is 0 Å². The first-order valence-electron chi connectivity index (χ1n) is 8.66. The quantitative estimate of drug-likeness (QED) is 0.277. The van der Waals surface area contributed by atoms with Gasteiger partial charge < -0.3 is 9.84 Å². The highest BCUT2D eigenvalue weighted by molar-refractivity contribution is 6.06. The van der Waals surface area contributed by atoms with Crippen molar-refractivity contribution in [3.8, 4) is 11.5 Å². The van der Waals surface area contributed by atoms with E-state index in [0.717, 1.165) is 17.5 Å². The number of nitro benzene ring substituents is 1. The molecule has 9 nitrogen and oxygen atoms in total. The molecule has 1 saturated heterocycles. The number of allylic oxidation sites excluding steroid dienone is 2. The number of imide groups is 1. The van der Waals surface area contributed by atoms with Crippen molar-refractivity contribution in [3.05, 3.63) is 40.0 Å². The minimum absolute atomic E-state index is 0.0636. The van der Waals surface area contributed by atoms with Gasteiger partial charge in [-0.2, -0.15) is 10.1 Å². The number of hydrogen-bond donors (Lipinski definition) is 1. The number of carbonyl (C=O) groups is 2. The lowest BCUT2D eigenvalue weighted by Gasteiger charge is -2.13. The van der Waals surface area contributed by atoms with Crippen LogP contribution in [0.2, 0.25) is 0 Å². The molecule has 2 amide bonds. The molecular weight excluding hydrogens is 354 g/mol. The molecule has 140 valence electrons. The summed E-state index contributed by atoms with van der Waals surface area (Å²) in [4.78, 5) is 35.6. The van der Waals surface area contributed by atoms with E-state index in [2.05, 4.69) is 5.10 Å². The summed E-state index contributed by atoms with van der Waals surface area (Å²) < 4.78 is 5.21. The molecule has 0 spiro atoms. The average Bonchev–Trinajstić information content (AvgIpc) is 3.30. The summed E-state index contributed by atoms with van der Waals surface area (Å²) in [5.41, 5.74) is -0.303. The number of aromatic hydroxyl groups is 1. The first-order chi connectivity index (χ1) is 12.9. The number of phenols is 1. The van der Waals surface area contributed by atoms with E-state index in [1.54, 1.807) is 6.92 Å². The van der Waals surface area contributed by atoms with Crippen LogP contribution in [0, 0.1) is 33.8 Å². The molecule has 4 unspecified atom stereocenters. The number of amides is 2. The van der Waals surface area contributed by atoms with Crippen molar-refractivity contribution in [2.24, 2.45) is 28.8 Å². The summed E-state index contributed by atoms with van der Waals surface area (Å²) in [6.07, 6.45) is 6.00. The van der Waals surface area contributed by atoms with E-state index in [1.165, 1.54) is 12.3 Å². The molecular formula is C18H17N3O6. The number of ether oxygens (including phenoxy) is 1. The number of hydrazone groups is 1. The molecule has 2 bridgehead atoms. The lowest BCUT2D eigenvalue weighted by atomic mass is 9.85. The van der Waals surface area contributed by atoms with Crippen molar-refractivity contribution in [1.82, 2.24) is 5.01 Å². The maximum atomic E-state index is 12.6. The molecule has 1 aromatic rings. The maximum Gasteiger partial charge on any atom is 0.315 e. The summed E-state index contributed by atoms with van der Waals surface area (Å²) >= 11 is 0. The first-order valence-corrected chi connectivity index (χ1v) is 8.66. The standard InChI is InChI=1S/C18H17N3O6/c1-2-27-13-6-9(5-12(16(13)22)21(25)26)8-19-20-17(23)14-10-3-4-11(7-10)15(14)18(20)24/h3-6,8,10-11,14-15,22H,2,7H2,1H3/b19-8+. The number of rotatable bonds is 5. The SMILES string of the molecule is CCOc1cc(/C=N/N2C(=O)C3C4C=CC(C4)C3C2=O)cc([N+](=O)[O-])c1O. The van der Waals surface area contributed by atoms with Crippen LogP contribution in [0.3, 0.4) is 0 Å². The monoisotopic (exact) mass is 371 g/mol. The molecule has 4 rings (SSSR count). The third kappa shape index (κ3) is 2.57. The predicted molar refractivity (Wildman–Crippen MR) is 93.1 cm³/mol. The Bertz CT molecular complexity index is 879. The van der Waals surface area contributed by atoms with Gasteiger partial charge in [-0.25, -0.2) is 0 Å². The van der Waals surface area contributed by atoms with E-state index in [0.29, 0.717) is 0 Å². The fourth-order valence-corrected chi connectivity index (χ4v) is 4.22. The van der Waals surface area contributed by atoms with Crippen LogP contribution in [0.5, 0.6) is 11.5 Å². The highest BCUT2D eigenvalue weighted by atomic mass is 16.6. The summed E-state index contributed by atoms with van der Waals surface area (Å²) in [6.45, 7) is 1.88. The Hall–Kier alpha value is -3.23. The van der Waals surface area contributed by atoms with Crippen LogP contribution in [0.4, 0.5) is 5.69 Å².